The highest BCUT2D eigenvalue weighted by atomic mass is 32.1. The smallest absolute Gasteiger partial charge is 0.131 e. The summed E-state index contributed by atoms with van der Waals surface area (Å²) in [5.74, 6) is 3.34. The maximum Gasteiger partial charge on any atom is 0.131 e. The van der Waals surface area contributed by atoms with Crippen molar-refractivity contribution in [1.82, 2.24) is 9.97 Å². The first-order valence-electron chi connectivity index (χ1n) is 6.20. The Kier molecular flexibility index (Phi) is 6.77. The third-order valence-electron chi connectivity index (χ3n) is 2.34. The minimum Gasteiger partial charge on any atom is -0.370 e. The molecule has 0 spiro atoms. The number of rotatable bonds is 8. The van der Waals surface area contributed by atoms with Crippen LogP contribution in [0.25, 0.3) is 0 Å². The van der Waals surface area contributed by atoms with Crippen molar-refractivity contribution < 1.29 is 0 Å². The van der Waals surface area contributed by atoms with Gasteiger partial charge in [0.05, 0.1) is 0 Å². The van der Waals surface area contributed by atoms with Gasteiger partial charge in [-0.05, 0) is 13.3 Å². The summed E-state index contributed by atoms with van der Waals surface area (Å²) in [6.07, 6.45) is 3.67. The highest BCUT2D eigenvalue weighted by Crippen LogP contribution is 2.11. The molecule has 0 aromatic carbocycles. The largest absolute Gasteiger partial charge is 0.370 e. The fraction of sp³-hybridized carbons (Fsp3) is 0.667. The molecule has 0 fully saturated rings. The first kappa shape index (κ1) is 14.1. The molecule has 0 atom stereocenters. The monoisotopic (exact) mass is 254 g/mol. The summed E-state index contributed by atoms with van der Waals surface area (Å²) in [5, 5.41) is 6.54. The Morgan fingerprint density at radius 2 is 1.76 bits per heavy atom. The lowest BCUT2D eigenvalue weighted by Gasteiger charge is -2.09. The summed E-state index contributed by atoms with van der Waals surface area (Å²) >= 11 is 4.16. The standard InChI is InChI=1S/C12H22N4S/c1-3-4-5-6-13-11-9-12(14-7-8-17)16-10(2)15-11/h9,17H,3-8H2,1-2H3,(H2,13,14,15,16). The lowest BCUT2D eigenvalue weighted by atomic mass is 10.2. The maximum atomic E-state index is 4.36. The van der Waals surface area contributed by atoms with Gasteiger partial charge in [-0.1, -0.05) is 19.8 Å². The second kappa shape index (κ2) is 8.17. The molecule has 96 valence electrons. The Labute approximate surface area is 109 Å². The normalized spacial score (nSPS) is 10.3. The second-order valence-corrected chi connectivity index (χ2v) is 4.42. The number of anilines is 2. The molecule has 0 aliphatic rings. The number of hydrogen-bond acceptors (Lipinski definition) is 5. The van der Waals surface area contributed by atoms with E-state index in [0.717, 1.165) is 36.3 Å². The molecule has 1 aromatic rings. The molecule has 0 radical (unpaired) electrons. The molecule has 0 aliphatic carbocycles. The van der Waals surface area contributed by atoms with E-state index < -0.39 is 0 Å². The van der Waals surface area contributed by atoms with Gasteiger partial charge in [0.15, 0.2) is 0 Å². The van der Waals surface area contributed by atoms with Crippen LogP contribution in [0.5, 0.6) is 0 Å². The zero-order chi connectivity index (χ0) is 12.5. The maximum absolute atomic E-state index is 4.36. The molecule has 17 heavy (non-hydrogen) atoms. The van der Waals surface area contributed by atoms with Gasteiger partial charge in [0.25, 0.3) is 0 Å². The molecular weight excluding hydrogens is 232 g/mol. The first-order valence-corrected chi connectivity index (χ1v) is 6.83. The molecule has 0 unspecified atom stereocenters. The zero-order valence-corrected chi connectivity index (χ0v) is 11.6. The van der Waals surface area contributed by atoms with Crippen molar-refractivity contribution in [2.45, 2.75) is 33.1 Å². The quantitative estimate of drug-likeness (QED) is 0.493. The van der Waals surface area contributed by atoms with Crippen molar-refractivity contribution in [2.24, 2.45) is 0 Å². The van der Waals surface area contributed by atoms with Crippen LogP contribution < -0.4 is 10.6 Å². The topological polar surface area (TPSA) is 49.8 Å². The molecule has 0 amide bonds. The van der Waals surface area contributed by atoms with E-state index >= 15 is 0 Å². The number of thiol groups is 1. The van der Waals surface area contributed by atoms with Crippen LogP contribution in [0.1, 0.15) is 32.0 Å². The molecule has 0 bridgehead atoms. The van der Waals surface area contributed by atoms with Crippen LogP contribution in [0.2, 0.25) is 0 Å². The molecule has 0 saturated carbocycles. The lowest BCUT2D eigenvalue weighted by Crippen LogP contribution is -2.09. The number of unbranched alkanes of at least 4 members (excludes halogenated alkanes) is 2. The van der Waals surface area contributed by atoms with Crippen LogP contribution in [-0.2, 0) is 0 Å². The Hall–Kier alpha value is -0.970. The van der Waals surface area contributed by atoms with Crippen LogP contribution in [0.3, 0.4) is 0 Å². The number of aromatic nitrogens is 2. The lowest BCUT2D eigenvalue weighted by molar-refractivity contribution is 0.742. The van der Waals surface area contributed by atoms with Gasteiger partial charge < -0.3 is 10.6 Å². The van der Waals surface area contributed by atoms with Crippen LogP contribution in [-0.4, -0.2) is 28.8 Å². The van der Waals surface area contributed by atoms with E-state index in [4.69, 9.17) is 0 Å². The van der Waals surface area contributed by atoms with Crippen LogP contribution >= 0.6 is 12.6 Å². The van der Waals surface area contributed by atoms with Gasteiger partial charge >= 0.3 is 0 Å². The second-order valence-electron chi connectivity index (χ2n) is 3.97. The van der Waals surface area contributed by atoms with E-state index in [-0.39, 0.29) is 0 Å². The highest BCUT2D eigenvalue weighted by molar-refractivity contribution is 7.80. The van der Waals surface area contributed by atoms with Gasteiger partial charge in [-0.15, -0.1) is 0 Å². The molecule has 0 aliphatic heterocycles. The molecule has 1 aromatic heterocycles. The Morgan fingerprint density at radius 1 is 1.12 bits per heavy atom. The highest BCUT2D eigenvalue weighted by Gasteiger charge is 2.00. The minimum absolute atomic E-state index is 0.784. The van der Waals surface area contributed by atoms with Crippen LogP contribution in [0, 0.1) is 6.92 Å². The summed E-state index contributed by atoms with van der Waals surface area (Å²) in [6, 6.07) is 1.95. The summed E-state index contributed by atoms with van der Waals surface area (Å²) in [4.78, 5) is 8.68. The molecule has 4 nitrogen and oxygen atoms in total. The molecule has 0 saturated heterocycles. The van der Waals surface area contributed by atoms with E-state index in [1.807, 2.05) is 13.0 Å². The molecule has 1 heterocycles. The van der Waals surface area contributed by atoms with Gasteiger partial charge in [0, 0.05) is 24.9 Å². The van der Waals surface area contributed by atoms with Crippen LogP contribution in [0.15, 0.2) is 6.07 Å². The van der Waals surface area contributed by atoms with Crippen molar-refractivity contribution in [3.05, 3.63) is 11.9 Å². The predicted octanol–water partition coefficient (Wildman–Crippen LogP) is 2.73. The fourth-order valence-corrected chi connectivity index (χ4v) is 1.64. The average Bonchev–Trinajstić information content (AvgIpc) is 2.31. The van der Waals surface area contributed by atoms with Gasteiger partial charge in [0.1, 0.15) is 17.5 Å². The summed E-state index contributed by atoms with van der Waals surface area (Å²) in [7, 11) is 0. The third-order valence-corrected chi connectivity index (χ3v) is 2.57. The first-order chi connectivity index (χ1) is 8.26. The Balaban J connectivity index is 2.50. The van der Waals surface area contributed by atoms with E-state index in [0.29, 0.717) is 0 Å². The summed E-state index contributed by atoms with van der Waals surface area (Å²) in [6.45, 7) is 5.89. The number of nitrogens with one attached hydrogen (secondary N) is 2. The molecular formula is C12H22N4S. The van der Waals surface area contributed by atoms with E-state index in [1.165, 1.54) is 19.3 Å². The van der Waals surface area contributed by atoms with Gasteiger partial charge in [-0.3, -0.25) is 0 Å². The number of aryl methyl sites for hydroxylation is 1. The number of hydrogen-bond donors (Lipinski definition) is 3. The van der Waals surface area contributed by atoms with Crippen molar-refractivity contribution in [1.29, 1.82) is 0 Å². The van der Waals surface area contributed by atoms with Crippen molar-refractivity contribution in [2.75, 3.05) is 29.5 Å². The number of nitrogens with zero attached hydrogens (tertiary/aromatic N) is 2. The minimum atomic E-state index is 0.784. The van der Waals surface area contributed by atoms with Gasteiger partial charge in [-0.2, -0.15) is 12.6 Å². The summed E-state index contributed by atoms with van der Waals surface area (Å²) in [5.41, 5.74) is 0. The fourth-order valence-electron chi connectivity index (χ4n) is 1.52. The van der Waals surface area contributed by atoms with E-state index in [1.54, 1.807) is 0 Å². The summed E-state index contributed by atoms with van der Waals surface area (Å²) < 4.78 is 0. The van der Waals surface area contributed by atoms with Crippen molar-refractivity contribution in [3.63, 3.8) is 0 Å². The third kappa shape index (κ3) is 5.77. The van der Waals surface area contributed by atoms with Crippen LogP contribution in [0.4, 0.5) is 11.6 Å². The predicted molar refractivity (Wildman–Crippen MR) is 77.1 cm³/mol. The Bertz CT molecular complexity index is 330. The SMILES string of the molecule is CCCCCNc1cc(NCCS)nc(C)n1. The van der Waals surface area contributed by atoms with Crippen molar-refractivity contribution in [3.8, 4) is 0 Å². The van der Waals surface area contributed by atoms with Gasteiger partial charge in [-0.25, -0.2) is 9.97 Å². The molecule has 2 N–H and O–H groups in total. The van der Waals surface area contributed by atoms with E-state index in [9.17, 15) is 0 Å². The molecule has 1 rings (SSSR count). The average molecular weight is 254 g/mol. The van der Waals surface area contributed by atoms with Gasteiger partial charge in [0.2, 0.25) is 0 Å². The molecule has 5 heteroatoms. The van der Waals surface area contributed by atoms with Crippen molar-refractivity contribution >= 4 is 24.3 Å². The van der Waals surface area contributed by atoms with E-state index in [2.05, 4.69) is 40.2 Å². The Morgan fingerprint density at radius 3 is 2.35 bits per heavy atom. The zero-order valence-electron chi connectivity index (χ0n) is 10.7.